The summed E-state index contributed by atoms with van der Waals surface area (Å²) in [4.78, 5) is 3.76. The molecule has 1 heterocycles. The average Bonchev–Trinajstić information content (AvgIpc) is 2.51. The van der Waals surface area contributed by atoms with Gasteiger partial charge in [-0.1, -0.05) is 11.8 Å². The summed E-state index contributed by atoms with van der Waals surface area (Å²) in [6.07, 6.45) is 0. The number of thioether (sulfide) groups is 1. The van der Waals surface area contributed by atoms with Gasteiger partial charge in [-0.25, -0.2) is 0 Å². The molecule has 0 amide bonds. The largest absolute Gasteiger partial charge is 0.496 e. The van der Waals surface area contributed by atoms with E-state index in [2.05, 4.69) is 37.8 Å². The Morgan fingerprint density at radius 1 is 1.44 bits per heavy atom. The second-order valence-corrected chi connectivity index (χ2v) is 5.15. The Morgan fingerprint density at radius 3 is 2.69 bits per heavy atom. The summed E-state index contributed by atoms with van der Waals surface area (Å²) in [5, 5.41) is 0.538. The van der Waals surface area contributed by atoms with Crippen molar-refractivity contribution in [1.29, 1.82) is 0 Å². The lowest BCUT2D eigenvalue weighted by Crippen LogP contribution is -2.26. The molecule has 0 N–H and O–H groups in total. The minimum absolute atomic E-state index is 0. The van der Waals surface area contributed by atoms with Gasteiger partial charge < -0.3 is 9.64 Å². The minimum atomic E-state index is 0. The number of ether oxygens (including phenoxy) is 1. The Balaban J connectivity index is 0.00000128. The number of hydrogen-bond acceptors (Lipinski definition) is 3. The first-order chi connectivity index (χ1) is 7.17. The van der Waals surface area contributed by atoms with E-state index in [4.69, 9.17) is 4.74 Å². The standard InChI is InChI=1S/C12H17NOS.HI/c1-5-13-9(3)15-12-7-11(14-4)8(2)6-10(12)13;/h6-7,9H,5H2,1-4H3;1H. The van der Waals surface area contributed by atoms with Gasteiger partial charge in [-0.2, -0.15) is 0 Å². The van der Waals surface area contributed by atoms with Crippen molar-refractivity contribution in [2.75, 3.05) is 18.6 Å². The van der Waals surface area contributed by atoms with Crippen molar-refractivity contribution in [1.82, 2.24) is 0 Å². The number of benzene rings is 1. The second-order valence-electron chi connectivity index (χ2n) is 3.79. The Hall–Kier alpha value is -0.100. The quantitative estimate of drug-likeness (QED) is 0.750. The molecule has 0 fully saturated rings. The van der Waals surface area contributed by atoms with Crippen LogP contribution in [0.2, 0.25) is 0 Å². The van der Waals surface area contributed by atoms with Crippen molar-refractivity contribution in [3.8, 4) is 5.75 Å². The smallest absolute Gasteiger partial charge is 0.123 e. The molecule has 1 atom stereocenters. The van der Waals surface area contributed by atoms with Crippen LogP contribution in [0.25, 0.3) is 0 Å². The number of methoxy groups -OCH3 is 1. The molecule has 2 rings (SSSR count). The third kappa shape index (κ3) is 2.27. The van der Waals surface area contributed by atoms with E-state index >= 15 is 0 Å². The number of aryl methyl sites for hydroxylation is 1. The summed E-state index contributed by atoms with van der Waals surface area (Å²) in [5.74, 6) is 0.992. The second kappa shape index (κ2) is 5.49. The summed E-state index contributed by atoms with van der Waals surface area (Å²) in [6.45, 7) is 7.61. The van der Waals surface area contributed by atoms with Crippen LogP contribution in [0.4, 0.5) is 5.69 Å². The molecule has 16 heavy (non-hydrogen) atoms. The van der Waals surface area contributed by atoms with Gasteiger partial charge >= 0.3 is 0 Å². The van der Waals surface area contributed by atoms with Crippen LogP contribution in [0, 0.1) is 6.92 Å². The van der Waals surface area contributed by atoms with E-state index in [-0.39, 0.29) is 24.0 Å². The van der Waals surface area contributed by atoms with Gasteiger partial charge in [0.2, 0.25) is 0 Å². The van der Waals surface area contributed by atoms with E-state index < -0.39 is 0 Å². The van der Waals surface area contributed by atoms with Crippen molar-refractivity contribution in [2.45, 2.75) is 31.0 Å². The summed E-state index contributed by atoms with van der Waals surface area (Å²) >= 11 is 1.91. The maximum Gasteiger partial charge on any atom is 0.123 e. The van der Waals surface area contributed by atoms with Crippen molar-refractivity contribution >= 4 is 41.4 Å². The van der Waals surface area contributed by atoms with Gasteiger partial charge in [0.15, 0.2) is 0 Å². The Kier molecular flexibility index (Phi) is 4.79. The highest BCUT2D eigenvalue weighted by Crippen LogP contribution is 2.45. The van der Waals surface area contributed by atoms with Crippen LogP contribution in [0.3, 0.4) is 0 Å². The van der Waals surface area contributed by atoms with E-state index in [1.807, 2.05) is 11.8 Å². The number of halogens is 1. The van der Waals surface area contributed by atoms with Crippen LogP contribution in [-0.2, 0) is 0 Å². The lowest BCUT2D eigenvalue weighted by atomic mass is 10.2. The van der Waals surface area contributed by atoms with Crippen LogP contribution >= 0.6 is 35.7 Å². The molecule has 1 aromatic carbocycles. The number of anilines is 1. The fraction of sp³-hybridized carbons (Fsp3) is 0.500. The van der Waals surface area contributed by atoms with E-state index in [1.54, 1.807) is 7.11 Å². The number of hydrogen-bond donors (Lipinski definition) is 0. The molecule has 1 aromatic rings. The normalized spacial score (nSPS) is 18.0. The van der Waals surface area contributed by atoms with E-state index in [0.717, 1.165) is 12.3 Å². The summed E-state index contributed by atoms with van der Waals surface area (Å²) in [6, 6.07) is 4.38. The van der Waals surface area contributed by atoms with Crippen LogP contribution in [0.5, 0.6) is 5.75 Å². The van der Waals surface area contributed by atoms with E-state index in [0.29, 0.717) is 5.37 Å². The molecule has 0 aliphatic carbocycles. The summed E-state index contributed by atoms with van der Waals surface area (Å²) in [5.41, 5.74) is 2.57. The minimum Gasteiger partial charge on any atom is -0.496 e. The SMILES string of the molecule is CCN1c2cc(C)c(OC)cc2SC1C.I. The van der Waals surface area contributed by atoms with Crippen LogP contribution < -0.4 is 9.64 Å². The van der Waals surface area contributed by atoms with Gasteiger partial charge in [0, 0.05) is 11.4 Å². The first-order valence-electron chi connectivity index (χ1n) is 5.29. The molecule has 1 aliphatic rings. The molecule has 0 saturated heterocycles. The highest BCUT2D eigenvalue weighted by atomic mass is 127. The zero-order valence-corrected chi connectivity index (χ0v) is 13.3. The molecular formula is C12H18INOS. The fourth-order valence-corrected chi connectivity index (χ4v) is 3.29. The highest BCUT2D eigenvalue weighted by molar-refractivity contribution is 14.0. The van der Waals surface area contributed by atoms with Gasteiger partial charge in [-0.15, -0.1) is 24.0 Å². The molecule has 1 unspecified atom stereocenters. The molecule has 0 radical (unpaired) electrons. The zero-order chi connectivity index (χ0) is 11.0. The molecule has 1 aliphatic heterocycles. The molecule has 4 heteroatoms. The number of nitrogens with zero attached hydrogens (tertiary/aromatic N) is 1. The lowest BCUT2D eigenvalue weighted by Gasteiger charge is -2.21. The average molecular weight is 351 g/mol. The molecule has 90 valence electrons. The molecule has 2 nitrogen and oxygen atoms in total. The van der Waals surface area contributed by atoms with Gasteiger partial charge in [-0.05, 0) is 38.5 Å². The molecular weight excluding hydrogens is 333 g/mol. The van der Waals surface area contributed by atoms with Gasteiger partial charge in [0.1, 0.15) is 5.75 Å². The van der Waals surface area contributed by atoms with Gasteiger partial charge in [0.25, 0.3) is 0 Å². The van der Waals surface area contributed by atoms with Gasteiger partial charge in [-0.3, -0.25) is 0 Å². The van der Waals surface area contributed by atoms with Crippen LogP contribution in [-0.4, -0.2) is 19.0 Å². The van der Waals surface area contributed by atoms with Crippen molar-refractivity contribution < 1.29 is 4.74 Å². The Bertz CT molecular complexity index is 384. The first-order valence-corrected chi connectivity index (χ1v) is 6.17. The molecule has 0 spiro atoms. The van der Waals surface area contributed by atoms with Crippen molar-refractivity contribution in [3.05, 3.63) is 17.7 Å². The van der Waals surface area contributed by atoms with Crippen LogP contribution in [0.15, 0.2) is 17.0 Å². The lowest BCUT2D eigenvalue weighted by molar-refractivity contribution is 0.410. The first kappa shape index (κ1) is 14.0. The number of rotatable bonds is 2. The molecule has 0 aromatic heterocycles. The summed E-state index contributed by atoms with van der Waals surface area (Å²) in [7, 11) is 1.73. The third-order valence-electron chi connectivity index (χ3n) is 2.86. The fourth-order valence-electron chi connectivity index (χ4n) is 2.06. The zero-order valence-electron chi connectivity index (χ0n) is 10.1. The third-order valence-corrected chi connectivity index (χ3v) is 4.04. The highest BCUT2D eigenvalue weighted by Gasteiger charge is 2.26. The predicted octanol–water partition coefficient (Wildman–Crippen LogP) is 3.90. The monoisotopic (exact) mass is 351 g/mol. The van der Waals surface area contributed by atoms with E-state index in [9.17, 15) is 0 Å². The maximum absolute atomic E-state index is 5.34. The predicted molar refractivity (Wildman–Crippen MR) is 81.5 cm³/mol. The Morgan fingerprint density at radius 2 is 2.12 bits per heavy atom. The van der Waals surface area contributed by atoms with Crippen molar-refractivity contribution in [3.63, 3.8) is 0 Å². The van der Waals surface area contributed by atoms with E-state index in [1.165, 1.54) is 16.1 Å². The summed E-state index contributed by atoms with van der Waals surface area (Å²) < 4.78 is 5.34. The van der Waals surface area contributed by atoms with Crippen molar-refractivity contribution in [2.24, 2.45) is 0 Å². The molecule has 0 bridgehead atoms. The van der Waals surface area contributed by atoms with Crippen LogP contribution in [0.1, 0.15) is 19.4 Å². The Labute approximate surface area is 119 Å². The number of fused-ring (bicyclic) bond motifs is 1. The van der Waals surface area contributed by atoms with Gasteiger partial charge in [0.05, 0.1) is 18.2 Å². The maximum atomic E-state index is 5.34. The molecule has 0 saturated carbocycles. The topological polar surface area (TPSA) is 12.5 Å².